The number of nitrogens with two attached hydrogens (primary N) is 1. The summed E-state index contributed by atoms with van der Waals surface area (Å²) in [6.45, 7) is 2.66. The number of ether oxygens (including phenoxy) is 1. The van der Waals surface area contributed by atoms with E-state index in [0.717, 1.165) is 34.6 Å². The number of thiophene rings is 1. The molecule has 0 saturated carbocycles. The fourth-order valence-corrected chi connectivity index (χ4v) is 3.93. The topological polar surface area (TPSA) is 86.0 Å². The number of rotatable bonds is 4. The number of nitrogens with zero attached hydrogens (tertiary/aromatic N) is 3. The highest BCUT2D eigenvalue weighted by atomic mass is 32.1. The van der Waals surface area contributed by atoms with Gasteiger partial charge in [-0.1, -0.05) is 0 Å². The van der Waals surface area contributed by atoms with Crippen LogP contribution in [0.5, 0.6) is 0 Å². The van der Waals surface area contributed by atoms with Crippen LogP contribution in [0.1, 0.15) is 10.4 Å². The van der Waals surface area contributed by atoms with Crippen LogP contribution >= 0.6 is 11.3 Å². The Hall–Kier alpha value is -2.09. The molecule has 0 unspecified atom stereocenters. The molecular formula is C16H17N5OS. The van der Waals surface area contributed by atoms with E-state index in [2.05, 4.69) is 10.3 Å². The Balaban J connectivity index is 1.90. The number of hydrogen-bond donors (Lipinski definition) is 2. The first-order valence-electron chi connectivity index (χ1n) is 7.61. The number of fused-ring (bicyclic) bond motifs is 3. The third kappa shape index (κ3) is 2.67. The molecule has 0 radical (unpaired) electrons. The van der Waals surface area contributed by atoms with E-state index >= 15 is 0 Å². The van der Waals surface area contributed by atoms with Crippen molar-refractivity contribution in [2.75, 3.05) is 25.0 Å². The van der Waals surface area contributed by atoms with E-state index in [1.54, 1.807) is 23.7 Å². The predicted molar refractivity (Wildman–Crippen MR) is 91.6 cm³/mol. The summed E-state index contributed by atoms with van der Waals surface area (Å²) in [6, 6.07) is 3.84. The Kier molecular flexibility index (Phi) is 3.90. The first-order chi connectivity index (χ1) is 11.4. The van der Waals surface area contributed by atoms with E-state index in [0.29, 0.717) is 25.5 Å². The summed E-state index contributed by atoms with van der Waals surface area (Å²) < 4.78 is 5.57. The highest BCUT2D eigenvalue weighted by Gasteiger charge is 2.21. The number of hydrogen-bond acceptors (Lipinski definition) is 7. The summed E-state index contributed by atoms with van der Waals surface area (Å²) in [6.07, 6.45) is 4.41. The summed E-state index contributed by atoms with van der Waals surface area (Å²) in [4.78, 5) is 15.8. The van der Waals surface area contributed by atoms with E-state index in [9.17, 15) is 0 Å². The van der Waals surface area contributed by atoms with Crippen molar-refractivity contribution < 1.29 is 4.74 Å². The molecule has 0 atom stereocenters. The average molecular weight is 327 g/mol. The third-order valence-corrected chi connectivity index (χ3v) is 4.94. The first kappa shape index (κ1) is 14.5. The van der Waals surface area contributed by atoms with Crippen LogP contribution in [0.2, 0.25) is 0 Å². The predicted octanol–water partition coefficient (Wildman–Crippen LogP) is 2.20. The Bertz CT molecular complexity index is 833. The van der Waals surface area contributed by atoms with E-state index < -0.39 is 0 Å². The summed E-state index contributed by atoms with van der Waals surface area (Å²) in [7, 11) is 0. The van der Waals surface area contributed by atoms with Gasteiger partial charge in [0.25, 0.3) is 0 Å². The van der Waals surface area contributed by atoms with Crippen molar-refractivity contribution in [1.82, 2.24) is 15.0 Å². The molecular weight excluding hydrogens is 310 g/mol. The minimum atomic E-state index is 0.561. The monoisotopic (exact) mass is 327 g/mol. The van der Waals surface area contributed by atoms with Gasteiger partial charge in [0.1, 0.15) is 10.6 Å². The summed E-state index contributed by atoms with van der Waals surface area (Å²) >= 11 is 1.69. The Morgan fingerprint density at radius 3 is 2.96 bits per heavy atom. The molecule has 0 aliphatic carbocycles. The number of anilines is 1. The number of nitrogens with one attached hydrogen (secondary N) is 1. The van der Waals surface area contributed by atoms with Gasteiger partial charge in [-0.15, -0.1) is 11.3 Å². The van der Waals surface area contributed by atoms with Crippen LogP contribution in [0.3, 0.4) is 0 Å². The molecule has 23 heavy (non-hydrogen) atoms. The second-order valence-electron chi connectivity index (χ2n) is 5.33. The van der Waals surface area contributed by atoms with Gasteiger partial charge in [0.2, 0.25) is 0 Å². The highest BCUT2D eigenvalue weighted by molar-refractivity contribution is 7.19. The minimum absolute atomic E-state index is 0.561. The summed E-state index contributed by atoms with van der Waals surface area (Å²) in [5.74, 6) is 1.57. The lowest BCUT2D eigenvalue weighted by molar-refractivity contribution is 0.114. The maximum atomic E-state index is 5.65. The SMILES string of the molecule is NCCNc1nc(-c2ccncc2)nc2sc3c(c12)CCOC3. The summed E-state index contributed by atoms with van der Waals surface area (Å²) in [5.41, 5.74) is 7.93. The van der Waals surface area contributed by atoms with Gasteiger partial charge in [-0.2, -0.15) is 0 Å². The van der Waals surface area contributed by atoms with Gasteiger partial charge >= 0.3 is 0 Å². The van der Waals surface area contributed by atoms with Crippen LogP contribution in [-0.2, 0) is 17.8 Å². The lowest BCUT2D eigenvalue weighted by atomic mass is 10.1. The highest BCUT2D eigenvalue weighted by Crippen LogP contribution is 2.38. The molecule has 0 amide bonds. The molecule has 0 saturated heterocycles. The summed E-state index contributed by atoms with van der Waals surface area (Å²) in [5, 5.41) is 4.48. The van der Waals surface area contributed by atoms with Gasteiger partial charge in [0, 0.05) is 35.9 Å². The van der Waals surface area contributed by atoms with Gasteiger partial charge in [-0.3, -0.25) is 4.98 Å². The molecule has 4 heterocycles. The fraction of sp³-hybridized carbons (Fsp3) is 0.312. The van der Waals surface area contributed by atoms with Crippen molar-refractivity contribution >= 4 is 27.4 Å². The zero-order valence-corrected chi connectivity index (χ0v) is 13.4. The van der Waals surface area contributed by atoms with Gasteiger partial charge < -0.3 is 15.8 Å². The Morgan fingerprint density at radius 1 is 1.26 bits per heavy atom. The minimum Gasteiger partial charge on any atom is -0.376 e. The van der Waals surface area contributed by atoms with E-state index in [1.165, 1.54) is 10.4 Å². The maximum Gasteiger partial charge on any atom is 0.163 e. The molecule has 0 aromatic carbocycles. The molecule has 6 nitrogen and oxygen atoms in total. The molecule has 7 heteroatoms. The lowest BCUT2D eigenvalue weighted by Gasteiger charge is -2.13. The molecule has 4 rings (SSSR count). The first-order valence-corrected chi connectivity index (χ1v) is 8.43. The second-order valence-corrected chi connectivity index (χ2v) is 6.42. The number of aromatic nitrogens is 3. The Morgan fingerprint density at radius 2 is 2.13 bits per heavy atom. The molecule has 1 aliphatic rings. The van der Waals surface area contributed by atoms with E-state index in [1.807, 2.05) is 12.1 Å². The van der Waals surface area contributed by atoms with Crippen LogP contribution < -0.4 is 11.1 Å². The van der Waals surface area contributed by atoms with Crippen LogP contribution in [0.4, 0.5) is 5.82 Å². The number of pyridine rings is 1. The van der Waals surface area contributed by atoms with Crippen molar-refractivity contribution in [3.8, 4) is 11.4 Å². The van der Waals surface area contributed by atoms with E-state index in [-0.39, 0.29) is 0 Å². The van der Waals surface area contributed by atoms with E-state index in [4.69, 9.17) is 20.4 Å². The van der Waals surface area contributed by atoms with Crippen LogP contribution in [0, 0.1) is 0 Å². The molecule has 3 aromatic rings. The van der Waals surface area contributed by atoms with Gasteiger partial charge in [-0.05, 0) is 24.1 Å². The molecule has 1 aliphatic heterocycles. The second kappa shape index (κ2) is 6.19. The normalized spacial score (nSPS) is 14.0. The van der Waals surface area contributed by atoms with Crippen molar-refractivity contribution in [3.63, 3.8) is 0 Å². The zero-order chi connectivity index (χ0) is 15.6. The van der Waals surface area contributed by atoms with Crippen molar-refractivity contribution in [3.05, 3.63) is 35.0 Å². The molecule has 3 N–H and O–H groups in total. The van der Waals surface area contributed by atoms with Gasteiger partial charge in [0.15, 0.2) is 5.82 Å². The largest absolute Gasteiger partial charge is 0.376 e. The smallest absolute Gasteiger partial charge is 0.163 e. The van der Waals surface area contributed by atoms with Crippen molar-refractivity contribution in [1.29, 1.82) is 0 Å². The lowest BCUT2D eigenvalue weighted by Crippen LogP contribution is -2.15. The maximum absolute atomic E-state index is 5.65. The molecule has 0 fully saturated rings. The van der Waals surface area contributed by atoms with Gasteiger partial charge in [0.05, 0.1) is 18.6 Å². The van der Waals surface area contributed by atoms with Crippen LogP contribution in [0.25, 0.3) is 21.6 Å². The third-order valence-electron chi connectivity index (χ3n) is 3.84. The molecule has 0 spiro atoms. The zero-order valence-electron chi connectivity index (χ0n) is 12.6. The van der Waals surface area contributed by atoms with Crippen LogP contribution in [0.15, 0.2) is 24.5 Å². The molecule has 3 aromatic heterocycles. The standard InChI is InChI=1S/C16H17N5OS/c17-4-7-19-15-13-11-3-8-22-9-12(11)23-16(13)21-14(20-15)10-1-5-18-6-2-10/h1-2,5-6H,3-4,7-9,17H2,(H,19,20,21). The quantitative estimate of drug-likeness (QED) is 0.764. The molecule has 118 valence electrons. The molecule has 0 bridgehead atoms. The van der Waals surface area contributed by atoms with Crippen LogP contribution in [-0.4, -0.2) is 34.6 Å². The van der Waals surface area contributed by atoms with Crippen molar-refractivity contribution in [2.45, 2.75) is 13.0 Å². The van der Waals surface area contributed by atoms with Gasteiger partial charge in [-0.25, -0.2) is 9.97 Å². The Labute approximate surface area is 137 Å². The van der Waals surface area contributed by atoms with Crippen molar-refractivity contribution in [2.24, 2.45) is 5.73 Å². The fourth-order valence-electron chi connectivity index (χ4n) is 2.77. The average Bonchev–Trinajstić information content (AvgIpc) is 2.99.